The molecule has 0 N–H and O–H groups in total. The van der Waals surface area contributed by atoms with Gasteiger partial charge in [0.25, 0.3) is 0 Å². The van der Waals surface area contributed by atoms with E-state index < -0.39 is 0 Å². The minimum absolute atomic E-state index is 0. The zero-order chi connectivity index (χ0) is 6.53. The van der Waals surface area contributed by atoms with E-state index >= 15 is 0 Å². The van der Waals surface area contributed by atoms with Crippen molar-refractivity contribution in [2.24, 2.45) is 0 Å². The summed E-state index contributed by atoms with van der Waals surface area (Å²) in [5.74, 6) is 0. The summed E-state index contributed by atoms with van der Waals surface area (Å²) in [6.45, 7) is 7.68. The molecule has 54 valence electrons. The van der Waals surface area contributed by atoms with Gasteiger partial charge in [0.05, 0.1) is 0 Å². The summed E-state index contributed by atoms with van der Waals surface area (Å²) in [5, 5.41) is 0. The van der Waals surface area contributed by atoms with Crippen LogP contribution in [-0.4, -0.2) is 24.5 Å². The van der Waals surface area contributed by atoms with Crippen LogP contribution in [0.1, 0.15) is 25.7 Å². The first-order chi connectivity index (χ1) is 4.43. The molecule has 0 aromatic heterocycles. The first kappa shape index (κ1) is 11.0. The van der Waals surface area contributed by atoms with E-state index in [1.165, 1.54) is 38.9 Å². The van der Waals surface area contributed by atoms with E-state index in [0.29, 0.717) is 0 Å². The van der Waals surface area contributed by atoms with Crippen LogP contribution in [0.4, 0.5) is 0 Å². The van der Waals surface area contributed by atoms with Crippen molar-refractivity contribution < 1.29 is 29.6 Å². The molecule has 0 bridgehead atoms. The average molecular weight is 149 g/mol. The van der Waals surface area contributed by atoms with E-state index in [9.17, 15) is 0 Å². The van der Waals surface area contributed by atoms with Gasteiger partial charge >= 0.3 is 29.6 Å². The summed E-state index contributed by atoms with van der Waals surface area (Å²) in [6, 6.07) is 0. The monoisotopic (exact) mass is 149 g/mol. The van der Waals surface area contributed by atoms with E-state index in [2.05, 4.69) is 11.8 Å². The third-order valence-corrected chi connectivity index (χ3v) is 1.92. The zero-order valence-corrected chi connectivity index (χ0v) is 9.10. The van der Waals surface area contributed by atoms with Crippen LogP contribution in [0.15, 0.2) is 0 Å². The van der Waals surface area contributed by atoms with Gasteiger partial charge in [-0.15, -0.1) is 0 Å². The van der Waals surface area contributed by atoms with E-state index in [1.54, 1.807) is 0 Å². The summed E-state index contributed by atoms with van der Waals surface area (Å²) in [6.07, 6.45) is 5.31. The van der Waals surface area contributed by atoms with Crippen molar-refractivity contribution in [3.8, 4) is 0 Å². The molecule has 1 nitrogen and oxygen atoms in total. The molecular formula is C8H16NNa. The number of rotatable bonds is 2. The molecule has 10 heavy (non-hydrogen) atoms. The maximum atomic E-state index is 3.84. The maximum absolute atomic E-state index is 3.84. The minimum atomic E-state index is 0. The molecule has 0 radical (unpaired) electrons. The van der Waals surface area contributed by atoms with Gasteiger partial charge in [-0.2, -0.15) is 6.42 Å². The van der Waals surface area contributed by atoms with Crippen molar-refractivity contribution in [1.29, 1.82) is 0 Å². The third kappa shape index (κ3) is 3.97. The van der Waals surface area contributed by atoms with Crippen molar-refractivity contribution in [2.45, 2.75) is 25.7 Å². The Bertz CT molecular complexity index is 66.9. The molecule has 1 heterocycles. The van der Waals surface area contributed by atoms with Crippen LogP contribution < -0.4 is 29.6 Å². The standard InChI is InChI=1S/C8H16N.Na/c1-2-6-9-7-4-3-5-8-9;/h1-8H2;/q-1;+1. The second-order valence-electron chi connectivity index (χ2n) is 2.76. The molecule has 0 saturated carbocycles. The SMILES string of the molecule is [CH2-]CCN1CCCCC1.[Na+]. The molecule has 1 rings (SSSR count). The zero-order valence-electron chi connectivity index (χ0n) is 7.10. The average Bonchev–Trinajstić information content (AvgIpc) is 1.91. The minimum Gasteiger partial charge on any atom is -0.342 e. The summed E-state index contributed by atoms with van der Waals surface area (Å²) in [7, 11) is 0. The molecule has 1 aliphatic heterocycles. The Balaban J connectivity index is 0.000000810. The molecule has 1 saturated heterocycles. The number of hydrogen-bond donors (Lipinski definition) is 0. The Morgan fingerprint density at radius 3 is 2.20 bits per heavy atom. The number of hydrogen-bond acceptors (Lipinski definition) is 1. The van der Waals surface area contributed by atoms with Gasteiger partial charge in [-0.05, 0) is 32.5 Å². The van der Waals surface area contributed by atoms with Crippen molar-refractivity contribution in [2.75, 3.05) is 19.6 Å². The molecular weight excluding hydrogens is 133 g/mol. The van der Waals surface area contributed by atoms with Gasteiger partial charge in [-0.25, -0.2) is 0 Å². The van der Waals surface area contributed by atoms with Gasteiger partial charge in [0.1, 0.15) is 0 Å². The van der Waals surface area contributed by atoms with Crippen LogP contribution in [0.2, 0.25) is 0 Å². The van der Waals surface area contributed by atoms with Crippen LogP contribution in [0.25, 0.3) is 0 Å². The fraction of sp³-hybridized carbons (Fsp3) is 0.875. The molecule has 1 fully saturated rings. The van der Waals surface area contributed by atoms with Crippen molar-refractivity contribution in [3.63, 3.8) is 0 Å². The topological polar surface area (TPSA) is 3.24 Å². The second kappa shape index (κ2) is 6.66. The van der Waals surface area contributed by atoms with E-state index in [1.807, 2.05) is 0 Å². The first-order valence-corrected chi connectivity index (χ1v) is 3.95. The van der Waals surface area contributed by atoms with E-state index in [4.69, 9.17) is 0 Å². The molecule has 0 aromatic rings. The quantitative estimate of drug-likeness (QED) is 0.348. The summed E-state index contributed by atoms with van der Waals surface area (Å²) < 4.78 is 0. The first-order valence-electron chi connectivity index (χ1n) is 3.95. The van der Waals surface area contributed by atoms with Gasteiger partial charge < -0.3 is 11.8 Å². The van der Waals surface area contributed by atoms with E-state index in [0.717, 1.165) is 6.42 Å². The Hall–Kier alpha value is 0.960. The Morgan fingerprint density at radius 2 is 1.70 bits per heavy atom. The normalized spacial score (nSPS) is 20.1. The summed E-state index contributed by atoms with van der Waals surface area (Å²) in [5.41, 5.74) is 0. The molecule has 0 unspecified atom stereocenters. The number of piperidine rings is 1. The molecule has 1 aliphatic rings. The van der Waals surface area contributed by atoms with Crippen LogP contribution >= 0.6 is 0 Å². The summed E-state index contributed by atoms with van der Waals surface area (Å²) >= 11 is 0. The predicted molar refractivity (Wildman–Crippen MR) is 40.3 cm³/mol. The van der Waals surface area contributed by atoms with Crippen LogP contribution in [0.5, 0.6) is 0 Å². The fourth-order valence-corrected chi connectivity index (χ4v) is 1.41. The number of nitrogens with zero attached hydrogens (tertiary/aromatic N) is 1. The summed E-state index contributed by atoms with van der Waals surface area (Å²) in [4.78, 5) is 2.51. The van der Waals surface area contributed by atoms with Gasteiger partial charge in [0.2, 0.25) is 0 Å². The molecule has 0 spiro atoms. The Labute approximate surface area is 86.5 Å². The van der Waals surface area contributed by atoms with Gasteiger partial charge in [0.15, 0.2) is 0 Å². The van der Waals surface area contributed by atoms with Crippen LogP contribution in [0, 0.1) is 6.92 Å². The van der Waals surface area contributed by atoms with Gasteiger partial charge in [0, 0.05) is 0 Å². The smallest absolute Gasteiger partial charge is 0.342 e. The molecule has 0 atom stereocenters. The Kier molecular flexibility index (Phi) is 7.30. The maximum Gasteiger partial charge on any atom is 1.00 e. The van der Waals surface area contributed by atoms with Crippen molar-refractivity contribution in [1.82, 2.24) is 4.90 Å². The molecule has 0 amide bonds. The largest absolute Gasteiger partial charge is 1.00 e. The van der Waals surface area contributed by atoms with Gasteiger partial charge in [-0.3, -0.25) is 0 Å². The van der Waals surface area contributed by atoms with Gasteiger partial charge in [-0.1, -0.05) is 6.42 Å². The fourth-order valence-electron chi connectivity index (χ4n) is 1.41. The molecule has 0 aliphatic carbocycles. The van der Waals surface area contributed by atoms with Crippen LogP contribution in [0.3, 0.4) is 0 Å². The predicted octanol–water partition coefficient (Wildman–Crippen LogP) is -1.30. The van der Waals surface area contributed by atoms with Crippen LogP contribution in [-0.2, 0) is 0 Å². The second-order valence-corrected chi connectivity index (χ2v) is 2.76. The van der Waals surface area contributed by atoms with E-state index in [-0.39, 0.29) is 29.6 Å². The molecule has 0 aromatic carbocycles. The third-order valence-electron chi connectivity index (χ3n) is 1.92. The Morgan fingerprint density at radius 1 is 1.10 bits per heavy atom. The molecule has 2 heteroatoms. The van der Waals surface area contributed by atoms with Crippen molar-refractivity contribution in [3.05, 3.63) is 6.92 Å². The number of likely N-dealkylation sites (tertiary alicyclic amines) is 1. The van der Waals surface area contributed by atoms with Crippen molar-refractivity contribution >= 4 is 0 Å².